The van der Waals surface area contributed by atoms with Crippen molar-refractivity contribution < 1.29 is 9.21 Å². The normalized spacial score (nSPS) is 12.4. The molecular weight excluding hydrogens is 306 g/mol. The first-order valence-electron chi connectivity index (χ1n) is 6.49. The van der Waals surface area contributed by atoms with Crippen LogP contribution in [-0.4, -0.2) is 21.1 Å². The zero-order valence-corrected chi connectivity index (χ0v) is 12.9. The smallest absolute Gasteiger partial charge is 0.257 e. The highest BCUT2D eigenvalue weighted by Crippen LogP contribution is 2.29. The molecule has 0 fully saturated rings. The van der Waals surface area contributed by atoms with Crippen molar-refractivity contribution in [2.24, 2.45) is 0 Å². The van der Waals surface area contributed by atoms with Gasteiger partial charge in [-0.25, -0.2) is 9.97 Å². The van der Waals surface area contributed by atoms with Gasteiger partial charge in [-0.15, -0.1) is 11.3 Å². The van der Waals surface area contributed by atoms with Crippen LogP contribution in [0.2, 0.25) is 0 Å². The molecule has 0 unspecified atom stereocenters. The zero-order valence-electron chi connectivity index (χ0n) is 11.3. The lowest BCUT2D eigenvalue weighted by Crippen LogP contribution is -2.24. The number of benzene rings is 1. The molecule has 3 aromatic rings. The highest BCUT2D eigenvalue weighted by atomic mass is 32.2. The fraction of sp³-hybridized carbons (Fsp3) is 0.214. The molecule has 0 saturated carbocycles. The van der Waals surface area contributed by atoms with Gasteiger partial charge < -0.3 is 9.73 Å². The molecule has 2 aromatic heterocycles. The van der Waals surface area contributed by atoms with Crippen molar-refractivity contribution in [2.75, 3.05) is 5.32 Å². The summed E-state index contributed by atoms with van der Waals surface area (Å²) in [6, 6.07) is 7.56. The van der Waals surface area contributed by atoms with Gasteiger partial charge in [0.2, 0.25) is 5.91 Å². The number of rotatable bonds is 5. The third kappa shape index (κ3) is 3.25. The van der Waals surface area contributed by atoms with E-state index in [0.717, 1.165) is 11.1 Å². The second-order valence-electron chi connectivity index (χ2n) is 4.29. The van der Waals surface area contributed by atoms with Crippen LogP contribution in [0.5, 0.6) is 0 Å². The van der Waals surface area contributed by atoms with E-state index in [2.05, 4.69) is 15.3 Å². The number of hydrogen-bond acceptors (Lipinski definition) is 6. The van der Waals surface area contributed by atoms with E-state index in [9.17, 15) is 4.79 Å². The molecule has 0 aliphatic rings. The van der Waals surface area contributed by atoms with Crippen LogP contribution in [0.1, 0.15) is 13.3 Å². The summed E-state index contributed by atoms with van der Waals surface area (Å²) in [4.78, 5) is 20.7. The lowest BCUT2D eigenvalue weighted by atomic mass is 10.3. The Morgan fingerprint density at radius 3 is 3.05 bits per heavy atom. The van der Waals surface area contributed by atoms with E-state index >= 15 is 0 Å². The topological polar surface area (TPSA) is 68.0 Å². The lowest BCUT2D eigenvalue weighted by Gasteiger charge is -2.10. The maximum Gasteiger partial charge on any atom is 0.257 e. The van der Waals surface area contributed by atoms with E-state index in [1.54, 1.807) is 6.20 Å². The number of fused-ring (bicyclic) bond motifs is 1. The Morgan fingerprint density at radius 2 is 2.33 bits per heavy atom. The molecule has 7 heteroatoms. The fourth-order valence-corrected chi connectivity index (χ4v) is 3.21. The first-order chi connectivity index (χ1) is 10.3. The summed E-state index contributed by atoms with van der Waals surface area (Å²) in [5.41, 5.74) is 1.53. The lowest BCUT2D eigenvalue weighted by molar-refractivity contribution is -0.115. The SMILES string of the molecule is CC[C@H](Sc1nc2ccccc2o1)C(=O)Nc1nccs1. The standard InChI is InChI=1S/C14H13N3O2S2/c1-2-11(12(18)17-13-15-7-8-20-13)21-14-16-9-5-3-4-6-10(9)19-14/h3-8,11H,2H2,1H3,(H,15,17,18)/t11-/m0/s1. The van der Waals surface area contributed by atoms with Crippen molar-refractivity contribution in [3.05, 3.63) is 35.8 Å². The summed E-state index contributed by atoms with van der Waals surface area (Å²) >= 11 is 2.73. The number of amides is 1. The van der Waals surface area contributed by atoms with Gasteiger partial charge in [-0.2, -0.15) is 0 Å². The average molecular weight is 319 g/mol. The van der Waals surface area contributed by atoms with Crippen molar-refractivity contribution >= 4 is 45.2 Å². The molecule has 0 bridgehead atoms. The molecule has 1 amide bonds. The van der Waals surface area contributed by atoms with Crippen LogP contribution in [0.25, 0.3) is 11.1 Å². The van der Waals surface area contributed by atoms with E-state index in [1.165, 1.54) is 23.1 Å². The number of hydrogen-bond donors (Lipinski definition) is 1. The Kier molecular flexibility index (Phi) is 4.21. The molecule has 5 nitrogen and oxygen atoms in total. The molecule has 21 heavy (non-hydrogen) atoms. The second-order valence-corrected chi connectivity index (χ2v) is 6.34. The first kappa shape index (κ1) is 14.1. The van der Waals surface area contributed by atoms with Crippen LogP contribution in [0.4, 0.5) is 5.13 Å². The molecule has 0 radical (unpaired) electrons. The van der Waals surface area contributed by atoms with Crippen LogP contribution in [-0.2, 0) is 4.79 Å². The molecule has 1 aromatic carbocycles. The highest BCUT2D eigenvalue weighted by molar-refractivity contribution is 8.00. The van der Waals surface area contributed by atoms with Gasteiger partial charge in [0.25, 0.3) is 5.22 Å². The maximum absolute atomic E-state index is 12.2. The molecule has 3 rings (SSSR count). The Morgan fingerprint density at radius 1 is 1.48 bits per heavy atom. The summed E-state index contributed by atoms with van der Waals surface area (Å²) < 4.78 is 5.64. The number of carbonyl (C=O) groups excluding carboxylic acids is 1. The first-order valence-corrected chi connectivity index (χ1v) is 8.25. The van der Waals surface area contributed by atoms with Gasteiger partial charge in [-0.05, 0) is 18.6 Å². The van der Waals surface area contributed by atoms with E-state index in [1.807, 2.05) is 36.6 Å². The van der Waals surface area contributed by atoms with Gasteiger partial charge in [0.15, 0.2) is 10.7 Å². The predicted octanol–water partition coefficient (Wildman–Crippen LogP) is 3.79. The maximum atomic E-state index is 12.2. The van der Waals surface area contributed by atoms with Crippen LogP contribution in [0.3, 0.4) is 0 Å². The minimum absolute atomic E-state index is 0.0836. The third-order valence-corrected chi connectivity index (χ3v) is 4.74. The number of carbonyl (C=O) groups is 1. The largest absolute Gasteiger partial charge is 0.431 e. The summed E-state index contributed by atoms with van der Waals surface area (Å²) in [5.74, 6) is -0.0836. The third-order valence-electron chi connectivity index (χ3n) is 2.84. The molecule has 2 heterocycles. The number of aromatic nitrogens is 2. The quantitative estimate of drug-likeness (QED) is 0.725. The Labute approximate surface area is 129 Å². The average Bonchev–Trinajstić information content (AvgIpc) is 3.12. The van der Waals surface area contributed by atoms with Crippen LogP contribution >= 0.6 is 23.1 Å². The Bertz CT molecular complexity index is 707. The number of thioether (sulfide) groups is 1. The Balaban J connectivity index is 1.72. The van der Waals surface area contributed by atoms with Crippen molar-refractivity contribution in [3.8, 4) is 0 Å². The minimum atomic E-state index is -0.262. The molecule has 0 spiro atoms. The van der Waals surface area contributed by atoms with Gasteiger partial charge in [-0.1, -0.05) is 30.8 Å². The van der Waals surface area contributed by atoms with Crippen LogP contribution in [0.15, 0.2) is 45.5 Å². The zero-order chi connectivity index (χ0) is 14.7. The van der Waals surface area contributed by atoms with Crippen molar-refractivity contribution in [1.82, 2.24) is 9.97 Å². The number of thiazole rings is 1. The van der Waals surface area contributed by atoms with E-state index in [0.29, 0.717) is 16.8 Å². The molecule has 0 aliphatic heterocycles. The molecule has 0 saturated heterocycles. The summed E-state index contributed by atoms with van der Waals surface area (Å²) in [6.07, 6.45) is 2.34. The summed E-state index contributed by atoms with van der Waals surface area (Å²) in [6.45, 7) is 1.96. The molecular formula is C14H13N3O2S2. The van der Waals surface area contributed by atoms with Crippen LogP contribution in [0, 0.1) is 0 Å². The van der Waals surface area contributed by atoms with Gasteiger partial charge in [-0.3, -0.25) is 4.79 Å². The van der Waals surface area contributed by atoms with E-state index in [-0.39, 0.29) is 11.2 Å². The van der Waals surface area contributed by atoms with Gasteiger partial charge in [0.05, 0.1) is 5.25 Å². The Hall–Kier alpha value is -1.86. The molecule has 1 N–H and O–H groups in total. The molecule has 108 valence electrons. The van der Waals surface area contributed by atoms with E-state index in [4.69, 9.17) is 4.42 Å². The monoisotopic (exact) mass is 319 g/mol. The van der Waals surface area contributed by atoms with Crippen LogP contribution < -0.4 is 5.32 Å². The van der Waals surface area contributed by atoms with Gasteiger partial charge >= 0.3 is 0 Å². The number of anilines is 1. The van der Waals surface area contributed by atoms with Crippen molar-refractivity contribution in [2.45, 2.75) is 23.8 Å². The number of nitrogens with zero attached hydrogens (tertiary/aromatic N) is 2. The minimum Gasteiger partial charge on any atom is -0.431 e. The second kappa shape index (κ2) is 6.28. The predicted molar refractivity (Wildman–Crippen MR) is 84.7 cm³/mol. The van der Waals surface area contributed by atoms with E-state index < -0.39 is 0 Å². The highest BCUT2D eigenvalue weighted by Gasteiger charge is 2.21. The fourth-order valence-electron chi connectivity index (χ4n) is 1.82. The number of nitrogens with one attached hydrogen (secondary N) is 1. The molecule has 0 aliphatic carbocycles. The number of para-hydroxylation sites is 2. The van der Waals surface area contributed by atoms with Crippen molar-refractivity contribution in [3.63, 3.8) is 0 Å². The number of oxazole rings is 1. The van der Waals surface area contributed by atoms with Crippen molar-refractivity contribution in [1.29, 1.82) is 0 Å². The summed E-state index contributed by atoms with van der Waals surface area (Å²) in [7, 11) is 0. The van der Waals surface area contributed by atoms with Gasteiger partial charge in [0.1, 0.15) is 5.52 Å². The van der Waals surface area contributed by atoms with Gasteiger partial charge in [0, 0.05) is 11.6 Å². The summed E-state index contributed by atoms with van der Waals surface area (Å²) in [5, 5.41) is 5.49. The molecule has 1 atom stereocenters.